The number of benzene rings is 1. The fraction of sp³-hybridized carbons (Fsp3) is 0.571. The van der Waals surface area contributed by atoms with E-state index >= 15 is 0 Å². The summed E-state index contributed by atoms with van der Waals surface area (Å²) in [5.74, 6) is 0.324. The molecule has 1 aliphatic rings. The van der Waals surface area contributed by atoms with Gasteiger partial charge >= 0.3 is 0 Å². The number of rotatable bonds is 3. The maximum absolute atomic E-state index is 12.5. The molecule has 3 nitrogen and oxygen atoms in total. The van der Waals surface area contributed by atoms with Crippen molar-refractivity contribution in [1.29, 1.82) is 0 Å². The summed E-state index contributed by atoms with van der Waals surface area (Å²) in [6.45, 7) is 4.89. The summed E-state index contributed by atoms with van der Waals surface area (Å²) in [4.78, 5) is 0.371. The van der Waals surface area contributed by atoms with Crippen LogP contribution in [0.1, 0.15) is 33.1 Å². The normalized spacial score (nSPS) is 21.6. The molecule has 0 bridgehead atoms. The van der Waals surface area contributed by atoms with E-state index in [0.717, 1.165) is 18.4 Å². The Morgan fingerprint density at radius 2 is 1.83 bits per heavy atom. The number of hydrogen-bond acceptors (Lipinski definition) is 2. The predicted molar refractivity (Wildman–Crippen MR) is 73.0 cm³/mol. The monoisotopic (exact) mass is 268 g/mol. The van der Waals surface area contributed by atoms with Gasteiger partial charge in [0.05, 0.1) is 4.90 Å². The van der Waals surface area contributed by atoms with Crippen LogP contribution in [0.15, 0.2) is 29.2 Å². The van der Waals surface area contributed by atoms with Gasteiger partial charge < -0.3 is 0 Å². The summed E-state index contributed by atoms with van der Waals surface area (Å²) in [5, 5.41) is 0. The van der Waals surface area contributed by atoms with Gasteiger partial charge in [-0.1, -0.05) is 31.0 Å². The topological polar surface area (TPSA) is 37.4 Å². The summed E-state index contributed by atoms with van der Waals surface area (Å²) in [7, 11) is -3.36. The van der Waals surface area contributed by atoms with Gasteiger partial charge in [-0.3, -0.25) is 0 Å². The SMILES string of the molecule is [2H]C(C)C1CCN(S(=O)(=O)c2ccc(C)cc2)CC1. The zero-order valence-corrected chi connectivity index (χ0v) is 11.8. The molecule has 4 heteroatoms. The van der Waals surface area contributed by atoms with Crippen LogP contribution in [-0.2, 0) is 10.0 Å². The van der Waals surface area contributed by atoms with E-state index in [1.54, 1.807) is 16.4 Å². The van der Waals surface area contributed by atoms with Crippen molar-refractivity contribution in [1.82, 2.24) is 4.31 Å². The highest BCUT2D eigenvalue weighted by Crippen LogP contribution is 2.25. The second kappa shape index (κ2) is 5.41. The van der Waals surface area contributed by atoms with Crippen molar-refractivity contribution in [3.63, 3.8) is 0 Å². The van der Waals surface area contributed by atoms with Gasteiger partial charge in [0.25, 0.3) is 0 Å². The molecular weight excluding hydrogens is 246 g/mol. The zero-order chi connectivity index (χ0) is 14.0. The molecule has 1 aromatic rings. The number of sulfonamides is 1. The molecular formula is C14H21NO2S. The lowest BCUT2D eigenvalue weighted by Gasteiger charge is -2.30. The van der Waals surface area contributed by atoms with Gasteiger partial charge in [0, 0.05) is 14.5 Å². The van der Waals surface area contributed by atoms with Crippen LogP contribution in [0.3, 0.4) is 0 Å². The van der Waals surface area contributed by atoms with E-state index in [2.05, 4.69) is 0 Å². The first-order valence-corrected chi connectivity index (χ1v) is 7.84. The standard InChI is InChI=1S/C14H21NO2S/c1-3-13-8-10-15(11-9-13)18(16,17)14-6-4-12(2)5-7-14/h4-7,13H,3,8-11H2,1-2H3/i3D. The molecule has 1 aromatic carbocycles. The summed E-state index contributed by atoms with van der Waals surface area (Å²) in [5.41, 5.74) is 1.06. The molecule has 0 spiro atoms. The van der Waals surface area contributed by atoms with Crippen LogP contribution in [0.2, 0.25) is 0 Å². The Kier molecular flexibility index (Phi) is 3.66. The van der Waals surface area contributed by atoms with Crippen LogP contribution in [0.4, 0.5) is 0 Å². The lowest BCUT2D eigenvalue weighted by Crippen LogP contribution is -2.38. The van der Waals surface area contributed by atoms with E-state index in [0.29, 0.717) is 23.9 Å². The number of piperidine rings is 1. The smallest absolute Gasteiger partial charge is 0.207 e. The van der Waals surface area contributed by atoms with Crippen molar-refractivity contribution >= 4 is 10.0 Å². The van der Waals surface area contributed by atoms with Crippen LogP contribution in [-0.4, -0.2) is 25.8 Å². The van der Waals surface area contributed by atoms with Gasteiger partial charge in [-0.2, -0.15) is 4.31 Å². The molecule has 0 aliphatic carbocycles. The molecule has 1 aliphatic heterocycles. The van der Waals surface area contributed by atoms with Crippen molar-refractivity contribution in [2.75, 3.05) is 13.1 Å². The Hall–Kier alpha value is -0.870. The molecule has 0 aromatic heterocycles. The first-order valence-electron chi connectivity index (χ1n) is 6.98. The van der Waals surface area contributed by atoms with Gasteiger partial charge in [-0.15, -0.1) is 0 Å². The summed E-state index contributed by atoms with van der Waals surface area (Å²) >= 11 is 0. The average molecular weight is 268 g/mol. The third kappa shape index (κ3) is 2.75. The number of aryl methyl sites for hydroxylation is 1. The van der Waals surface area contributed by atoms with Crippen molar-refractivity contribution in [3.05, 3.63) is 29.8 Å². The molecule has 1 atom stereocenters. The molecule has 2 rings (SSSR count). The fourth-order valence-electron chi connectivity index (χ4n) is 2.31. The largest absolute Gasteiger partial charge is 0.243 e. The minimum Gasteiger partial charge on any atom is -0.207 e. The summed E-state index contributed by atoms with van der Waals surface area (Å²) in [6, 6.07) is 6.99. The Bertz CT molecular complexity index is 517. The van der Waals surface area contributed by atoms with Gasteiger partial charge in [0.2, 0.25) is 10.0 Å². The average Bonchev–Trinajstić information content (AvgIpc) is 2.39. The van der Waals surface area contributed by atoms with E-state index in [1.807, 2.05) is 26.0 Å². The third-order valence-electron chi connectivity index (χ3n) is 3.63. The van der Waals surface area contributed by atoms with Crippen LogP contribution in [0, 0.1) is 12.8 Å². The van der Waals surface area contributed by atoms with E-state index in [-0.39, 0.29) is 6.40 Å². The Balaban J connectivity index is 2.12. The van der Waals surface area contributed by atoms with Crippen LogP contribution in [0.25, 0.3) is 0 Å². The Labute approximate surface area is 111 Å². The van der Waals surface area contributed by atoms with Crippen molar-refractivity contribution in [2.45, 2.75) is 38.0 Å². The molecule has 100 valence electrons. The maximum atomic E-state index is 12.5. The van der Waals surface area contributed by atoms with E-state index in [1.165, 1.54) is 0 Å². The van der Waals surface area contributed by atoms with E-state index in [9.17, 15) is 8.42 Å². The number of hydrogen-bond donors (Lipinski definition) is 0. The van der Waals surface area contributed by atoms with Crippen LogP contribution < -0.4 is 0 Å². The molecule has 0 amide bonds. The Morgan fingerprint density at radius 3 is 2.33 bits per heavy atom. The first kappa shape index (κ1) is 12.2. The van der Waals surface area contributed by atoms with Crippen LogP contribution >= 0.6 is 0 Å². The van der Waals surface area contributed by atoms with Crippen LogP contribution in [0.5, 0.6) is 0 Å². The minimum absolute atomic E-state index is 0.107. The Morgan fingerprint density at radius 1 is 1.28 bits per heavy atom. The predicted octanol–water partition coefficient (Wildman–Crippen LogP) is 2.81. The second-order valence-corrected chi connectivity index (χ2v) is 6.83. The highest BCUT2D eigenvalue weighted by Gasteiger charge is 2.28. The van der Waals surface area contributed by atoms with Crippen molar-refractivity contribution in [2.24, 2.45) is 5.92 Å². The third-order valence-corrected chi connectivity index (χ3v) is 5.54. The summed E-state index contributed by atoms with van der Waals surface area (Å²) < 4.78 is 34.2. The lowest BCUT2D eigenvalue weighted by molar-refractivity contribution is 0.269. The molecule has 1 fully saturated rings. The minimum atomic E-state index is -3.36. The van der Waals surface area contributed by atoms with E-state index in [4.69, 9.17) is 1.37 Å². The molecule has 1 heterocycles. The zero-order valence-electron chi connectivity index (χ0n) is 12.0. The number of nitrogens with zero attached hydrogens (tertiary/aromatic N) is 1. The van der Waals surface area contributed by atoms with Crippen molar-refractivity contribution in [3.8, 4) is 0 Å². The quantitative estimate of drug-likeness (QED) is 0.845. The molecule has 0 saturated carbocycles. The fourth-order valence-corrected chi connectivity index (χ4v) is 3.78. The molecule has 1 unspecified atom stereocenters. The second-order valence-electron chi connectivity index (χ2n) is 4.89. The highest BCUT2D eigenvalue weighted by atomic mass is 32.2. The van der Waals surface area contributed by atoms with Gasteiger partial charge in [-0.05, 0) is 37.8 Å². The first-order chi connectivity index (χ1) is 8.91. The molecule has 0 N–H and O–H groups in total. The molecule has 18 heavy (non-hydrogen) atoms. The molecule has 0 radical (unpaired) electrons. The van der Waals surface area contributed by atoms with E-state index < -0.39 is 10.0 Å². The maximum Gasteiger partial charge on any atom is 0.243 e. The van der Waals surface area contributed by atoms with Gasteiger partial charge in [0.1, 0.15) is 0 Å². The lowest BCUT2D eigenvalue weighted by atomic mass is 9.96. The van der Waals surface area contributed by atoms with Gasteiger partial charge in [0.15, 0.2) is 0 Å². The van der Waals surface area contributed by atoms with Gasteiger partial charge in [-0.25, -0.2) is 8.42 Å². The summed E-state index contributed by atoms with van der Waals surface area (Å²) in [6.07, 6.45) is 1.47. The molecule has 1 saturated heterocycles. The highest BCUT2D eigenvalue weighted by molar-refractivity contribution is 7.89. The van der Waals surface area contributed by atoms with Crippen molar-refractivity contribution < 1.29 is 9.79 Å².